The van der Waals surface area contributed by atoms with Gasteiger partial charge in [-0.25, -0.2) is 18.7 Å². The summed E-state index contributed by atoms with van der Waals surface area (Å²) in [4.78, 5) is 20.1. The number of anilines is 2. The van der Waals surface area contributed by atoms with Gasteiger partial charge in [-0.05, 0) is 29.8 Å². The number of rotatable bonds is 5. The number of benzene rings is 2. The molecule has 0 saturated carbocycles. The van der Waals surface area contributed by atoms with Crippen molar-refractivity contribution in [3.8, 4) is 11.5 Å². The third-order valence-corrected chi connectivity index (χ3v) is 4.01. The van der Waals surface area contributed by atoms with E-state index in [9.17, 15) is 13.6 Å². The highest BCUT2D eigenvalue weighted by Crippen LogP contribution is 2.32. The molecule has 0 unspecified atom stereocenters. The molecule has 2 heterocycles. The minimum Gasteiger partial charge on any atom is -0.454 e. The first-order chi connectivity index (χ1) is 13.6. The molecule has 3 aromatic rings. The van der Waals surface area contributed by atoms with E-state index < -0.39 is 17.5 Å². The van der Waals surface area contributed by atoms with E-state index >= 15 is 0 Å². The van der Waals surface area contributed by atoms with Crippen LogP contribution < -0.4 is 20.1 Å². The zero-order valence-corrected chi connectivity index (χ0v) is 14.4. The molecule has 1 aliphatic rings. The van der Waals surface area contributed by atoms with E-state index in [4.69, 9.17) is 9.47 Å². The minimum absolute atomic E-state index is 0.0509. The second-order valence-corrected chi connectivity index (χ2v) is 5.88. The van der Waals surface area contributed by atoms with E-state index in [2.05, 4.69) is 20.6 Å². The largest absolute Gasteiger partial charge is 0.454 e. The molecule has 0 fully saturated rings. The highest BCUT2D eigenvalue weighted by molar-refractivity contribution is 5.92. The van der Waals surface area contributed by atoms with E-state index in [0.29, 0.717) is 11.5 Å². The van der Waals surface area contributed by atoms with Crippen LogP contribution in [-0.2, 0) is 6.54 Å². The van der Waals surface area contributed by atoms with Crippen LogP contribution in [0.5, 0.6) is 11.5 Å². The number of halogens is 2. The van der Waals surface area contributed by atoms with Crippen molar-refractivity contribution in [1.82, 2.24) is 15.3 Å². The first kappa shape index (κ1) is 17.7. The molecule has 1 amide bonds. The molecular formula is C19H14F2N4O3. The lowest BCUT2D eigenvalue weighted by molar-refractivity contribution is 0.0945. The van der Waals surface area contributed by atoms with Gasteiger partial charge in [-0.1, -0.05) is 12.1 Å². The molecule has 4 rings (SSSR count). The minimum atomic E-state index is -0.771. The maximum absolute atomic E-state index is 13.8. The lowest BCUT2D eigenvalue weighted by Gasteiger charge is -2.09. The van der Waals surface area contributed by atoms with Crippen LogP contribution >= 0.6 is 0 Å². The lowest BCUT2D eigenvalue weighted by atomic mass is 10.2. The summed E-state index contributed by atoms with van der Waals surface area (Å²) in [6.07, 6.45) is 1.14. The van der Waals surface area contributed by atoms with Crippen LogP contribution in [0, 0.1) is 11.6 Å². The van der Waals surface area contributed by atoms with Crippen molar-refractivity contribution in [2.75, 3.05) is 12.1 Å². The van der Waals surface area contributed by atoms with Crippen molar-refractivity contribution in [3.05, 3.63) is 71.7 Å². The van der Waals surface area contributed by atoms with Gasteiger partial charge in [-0.2, -0.15) is 0 Å². The van der Waals surface area contributed by atoms with Crippen LogP contribution in [0.2, 0.25) is 0 Å². The Hall–Kier alpha value is -3.75. The fourth-order valence-electron chi connectivity index (χ4n) is 2.62. The number of nitrogens with zero attached hydrogens (tertiary/aromatic N) is 2. The Bertz CT molecular complexity index is 1030. The van der Waals surface area contributed by atoms with Gasteiger partial charge < -0.3 is 20.1 Å². The van der Waals surface area contributed by atoms with Crippen molar-refractivity contribution in [3.63, 3.8) is 0 Å². The van der Waals surface area contributed by atoms with Crippen molar-refractivity contribution in [2.45, 2.75) is 6.54 Å². The molecule has 9 heteroatoms. The number of hydrogen-bond acceptors (Lipinski definition) is 6. The van der Waals surface area contributed by atoms with E-state index in [1.807, 2.05) is 6.07 Å². The van der Waals surface area contributed by atoms with Crippen molar-refractivity contribution in [2.24, 2.45) is 0 Å². The number of amides is 1. The first-order valence-electron chi connectivity index (χ1n) is 8.30. The normalized spacial score (nSPS) is 11.9. The first-order valence-corrected chi connectivity index (χ1v) is 8.30. The second-order valence-electron chi connectivity index (χ2n) is 5.88. The average Bonchev–Trinajstić information content (AvgIpc) is 3.17. The van der Waals surface area contributed by atoms with Gasteiger partial charge in [0, 0.05) is 12.6 Å². The summed E-state index contributed by atoms with van der Waals surface area (Å²) in [5, 5.41) is 5.25. The van der Waals surface area contributed by atoms with Gasteiger partial charge in [-0.3, -0.25) is 4.79 Å². The molecule has 0 saturated heterocycles. The third kappa shape index (κ3) is 3.68. The molecule has 7 nitrogen and oxygen atoms in total. The number of para-hydroxylation sites is 1. The van der Waals surface area contributed by atoms with Gasteiger partial charge in [0.15, 0.2) is 11.5 Å². The lowest BCUT2D eigenvalue weighted by Crippen LogP contribution is -2.24. The van der Waals surface area contributed by atoms with Crippen LogP contribution in [0.25, 0.3) is 0 Å². The summed E-state index contributed by atoms with van der Waals surface area (Å²) in [7, 11) is 0. The monoisotopic (exact) mass is 384 g/mol. The Kier molecular flexibility index (Phi) is 4.71. The number of hydrogen-bond donors (Lipinski definition) is 2. The van der Waals surface area contributed by atoms with E-state index in [0.717, 1.165) is 24.0 Å². The molecule has 28 heavy (non-hydrogen) atoms. The van der Waals surface area contributed by atoms with E-state index in [1.165, 1.54) is 12.1 Å². The number of carbonyl (C=O) groups excluding carboxylic acids is 1. The number of carbonyl (C=O) groups is 1. The summed E-state index contributed by atoms with van der Waals surface area (Å²) in [5.74, 6) is -0.640. The van der Waals surface area contributed by atoms with Crippen LogP contribution in [0.3, 0.4) is 0 Å². The Morgan fingerprint density at radius 1 is 1.04 bits per heavy atom. The van der Waals surface area contributed by atoms with E-state index in [-0.39, 0.29) is 30.5 Å². The van der Waals surface area contributed by atoms with Crippen molar-refractivity contribution < 1.29 is 23.0 Å². The van der Waals surface area contributed by atoms with Gasteiger partial charge >= 0.3 is 0 Å². The maximum Gasteiger partial charge on any atom is 0.270 e. The number of ether oxygens (including phenoxy) is 2. The Labute approximate surface area is 158 Å². The van der Waals surface area contributed by atoms with Crippen LogP contribution in [0.1, 0.15) is 16.1 Å². The number of aromatic nitrogens is 2. The van der Waals surface area contributed by atoms with Gasteiger partial charge in [0.2, 0.25) is 6.79 Å². The zero-order chi connectivity index (χ0) is 19.5. The molecule has 0 bridgehead atoms. The quantitative estimate of drug-likeness (QED) is 0.703. The van der Waals surface area contributed by atoms with Crippen LogP contribution in [0.4, 0.5) is 20.3 Å². The van der Waals surface area contributed by atoms with Gasteiger partial charge in [0.25, 0.3) is 5.91 Å². The number of nitrogens with one attached hydrogen (secondary N) is 2. The third-order valence-electron chi connectivity index (χ3n) is 4.01. The van der Waals surface area contributed by atoms with Crippen molar-refractivity contribution in [1.29, 1.82) is 0 Å². The standard InChI is InChI=1S/C19H14F2N4O3/c20-12-2-1-3-13(21)18(12)25-17-7-14(23-9-24-17)19(26)22-8-11-4-5-15-16(6-11)28-10-27-15/h1-7,9H,8,10H2,(H,22,26)(H,23,24,25). The van der Waals surface area contributed by atoms with Gasteiger partial charge in [-0.15, -0.1) is 0 Å². The summed E-state index contributed by atoms with van der Waals surface area (Å²) in [5.41, 5.74) is 0.515. The maximum atomic E-state index is 13.8. The Morgan fingerprint density at radius 3 is 2.64 bits per heavy atom. The molecule has 0 aliphatic carbocycles. The molecule has 1 aromatic heterocycles. The highest BCUT2D eigenvalue weighted by atomic mass is 19.1. The molecule has 1 aliphatic heterocycles. The van der Waals surface area contributed by atoms with Gasteiger partial charge in [0.05, 0.1) is 0 Å². The fraction of sp³-hybridized carbons (Fsp3) is 0.105. The average molecular weight is 384 g/mol. The van der Waals surface area contributed by atoms with Gasteiger partial charge in [0.1, 0.15) is 35.2 Å². The summed E-state index contributed by atoms with van der Waals surface area (Å²) < 4.78 is 38.0. The Balaban J connectivity index is 1.44. The summed E-state index contributed by atoms with van der Waals surface area (Å²) >= 11 is 0. The predicted molar refractivity (Wildman–Crippen MR) is 95.4 cm³/mol. The molecule has 142 valence electrons. The zero-order valence-electron chi connectivity index (χ0n) is 14.4. The molecule has 0 radical (unpaired) electrons. The predicted octanol–water partition coefficient (Wildman–Crippen LogP) is 3.16. The smallest absolute Gasteiger partial charge is 0.270 e. The second kappa shape index (κ2) is 7.47. The SMILES string of the molecule is O=C(NCc1ccc2c(c1)OCO2)c1cc(Nc2c(F)cccc2F)ncn1. The fourth-order valence-corrected chi connectivity index (χ4v) is 2.62. The van der Waals surface area contributed by atoms with Crippen molar-refractivity contribution >= 4 is 17.4 Å². The molecule has 0 atom stereocenters. The molecule has 2 aromatic carbocycles. The topological polar surface area (TPSA) is 85.4 Å². The molecular weight excluding hydrogens is 370 g/mol. The summed E-state index contributed by atoms with van der Waals surface area (Å²) in [6.45, 7) is 0.411. The van der Waals surface area contributed by atoms with Crippen LogP contribution in [0.15, 0.2) is 48.8 Å². The molecule has 2 N–H and O–H groups in total. The van der Waals surface area contributed by atoms with E-state index in [1.54, 1.807) is 12.1 Å². The Morgan fingerprint density at radius 2 is 1.82 bits per heavy atom. The molecule has 0 spiro atoms. The number of fused-ring (bicyclic) bond motifs is 1. The highest BCUT2D eigenvalue weighted by Gasteiger charge is 2.15. The summed E-state index contributed by atoms with van der Waals surface area (Å²) in [6, 6.07) is 10.1. The van der Waals surface area contributed by atoms with Crippen LogP contribution in [-0.4, -0.2) is 22.7 Å².